The van der Waals surface area contributed by atoms with E-state index in [0.29, 0.717) is 29.7 Å². The fourth-order valence-electron chi connectivity index (χ4n) is 3.42. The van der Waals surface area contributed by atoms with E-state index in [9.17, 15) is 4.79 Å². The van der Waals surface area contributed by atoms with Gasteiger partial charge in [0.1, 0.15) is 0 Å². The van der Waals surface area contributed by atoms with Gasteiger partial charge in [-0.25, -0.2) is 0 Å². The van der Waals surface area contributed by atoms with Crippen molar-refractivity contribution < 1.29 is 23.5 Å². The van der Waals surface area contributed by atoms with Crippen LogP contribution < -0.4 is 9.47 Å². The zero-order valence-electron chi connectivity index (χ0n) is 15.9. The Morgan fingerprint density at radius 1 is 1.15 bits per heavy atom. The summed E-state index contributed by atoms with van der Waals surface area (Å²) >= 11 is 0. The van der Waals surface area contributed by atoms with Crippen molar-refractivity contribution in [2.24, 2.45) is 5.92 Å². The van der Waals surface area contributed by atoms with Crippen LogP contribution in [0.15, 0.2) is 22.7 Å². The number of ether oxygens (including phenoxy) is 3. The van der Waals surface area contributed by atoms with Gasteiger partial charge in [0.2, 0.25) is 5.82 Å². The molecular weight excluding hydrogens is 348 g/mol. The zero-order chi connectivity index (χ0) is 19.1. The van der Waals surface area contributed by atoms with Crippen molar-refractivity contribution in [1.29, 1.82) is 0 Å². The lowest BCUT2D eigenvalue weighted by Crippen LogP contribution is -2.11. The molecular formula is C20H26N2O5. The molecule has 0 bridgehead atoms. The van der Waals surface area contributed by atoms with E-state index in [-0.39, 0.29) is 18.5 Å². The summed E-state index contributed by atoms with van der Waals surface area (Å²) < 4.78 is 21.0. The van der Waals surface area contributed by atoms with Crippen LogP contribution in [0.25, 0.3) is 11.4 Å². The Hall–Kier alpha value is -2.57. The third-order valence-electron chi connectivity index (χ3n) is 4.95. The number of hydrogen-bond acceptors (Lipinski definition) is 7. The quantitative estimate of drug-likeness (QED) is 0.642. The van der Waals surface area contributed by atoms with Crippen LogP contribution in [0.4, 0.5) is 0 Å². The highest BCUT2D eigenvalue weighted by atomic mass is 16.6. The van der Waals surface area contributed by atoms with Crippen molar-refractivity contribution >= 4 is 5.97 Å². The minimum absolute atomic E-state index is 0.0101. The molecule has 0 saturated heterocycles. The molecule has 1 aromatic heterocycles. The van der Waals surface area contributed by atoms with E-state index < -0.39 is 0 Å². The van der Waals surface area contributed by atoms with Crippen LogP contribution in [0.1, 0.15) is 50.8 Å². The fourth-order valence-corrected chi connectivity index (χ4v) is 3.42. The van der Waals surface area contributed by atoms with Crippen molar-refractivity contribution in [2.45, 2.75) is 51.6 Å². The second-order valence-electron chi connectivity index (χ2n) is 6.78. The minimum atomic E-state index is -0.216. The Morgan fingerprint density at radius 3 is 2.67 bits per heavy atom. The molecule has 1 aliphatic rings. The van der Waals surface area contributed by atoms with Crippen LogP contribution in [0.5, 0.6) is 11.5 Å². The molecule has 1 saturated carbocycles. The summed E-state index contributed by atoms with van der Waals surface area (Å²) in [7, 11) is 3.14. The molecule has 0 unspecified atom stereocenters. The van der Waals surface area contributed by atoms with Gasteiger partial charge >= 0.3 is 5.97 Å². The molecule has 0 amide bonds. The number of benzene rings is 1. The van der Waals surface area contributed by atoms with E-state index in [1.807, 2.05) is 6.07 Å². The molecule has 0 atom stereocenters. The van der Waals surface area contributed by atoms with Gasteiger partial charge in [0.15, 0.2) is 18.1 Å². The molecule has 1 aliphatic carbocycles. The van der Waals surface area contributed by atoms with Gasteiger partial charge in [-0.15, -0.1) is 0 Å². The van der Waals surface area contributed by atoms with Crippen LogP contribution in [-0.4, -0.2) is 30.3 Å². The first kappa shape index (κ1) is 19.2. The number of esters is 1. The van der Waals surface area contributed by atoms with Gasteiger partial charge in [-0.3, -0.25) is 4.79 Å². The number of carbonyl (C=O) groups is 1. The van der Waals surface area contributed by atoms with Gasteiger partial charge < -0.3 is 18.7 Å². The lowest BCUT2D eigenvalue weighted by molar-refractivity contribution is -0.146. The Morgan fingerprint density at radius 2 is 1.93 bits per heavy atom. The molecule has 0 aliphatic heterocycles. The maximum atomic E-state index is 11.9. The molecule has 7 heteroatoms. The van der Waals surface area contributed by atoms with Gasteiger partial charge in [-0.2, -0.15) is 4.98 Å². The molecule has 1 fully saturated rings. The SMILES string of the molecule is COc1ccc(-c2noc(COC(=O)CCC3CCCCC3)n2)cc1OC. The van der Waals surface area contributed by atoms with Crippen molar-refractivity contribution in [2.75, 3.05) is 14.2 Å². The highest BCUT2D eigenvalue weighted by Crippen LogP contribution is 2.31. The average Bonchev–Trinajstić information content (AvgIpc) is 3.20. The van der Waals surface area contributed by atoms with E-state index >= 15 is 0 Å². The normalized spacial score (nSPS) is 14.7. The van der Waals surface area contributed by atoms with Crippen molar-refractivity contribution in [1.82, 2.24) is 10.1 Å². The molecule has 3 rings (SSSR count). The second kappa shape index (κ2) is 9.39. The highest BCUT2D eigenvalue weighted by molar-refractivity contribution is 5.69. The fraction of sp³-hybridized carbons (Fsp3) is 0.550. The lowest BCUT2D eigenvalue weighted by atomic mass is 9.86. The topological polar surface area (TPSA) is 83.7 Å². The Kier molecular flexibility index (Phi) is 6.68. The summed E-state index contributed by atoms with van der Waals surface area (Å²) in [6, 6.07) is 5.35. The molecule has 0 radical (unpaired) electrons. The van der Waals surface area contributed by atoms with Crippen molar-refractivity contribution in [3.63, 3.8) is 0 Å². The first-order valence-corrected chi connectivity index (χ1v) is 9.40. The lowest BCUT2D eigenvalue weighted by Gasteiger charge is -2.20. The smallest absolute Gasteiger partial charge is 0.306 e. The van der Waals surface area contributed by atoms with Crippen molar-refractivity contribution in [3.05, 3.63) is 24.1 Å². The Labute approximate surface area is 159 Å². The third kappa shape index (κ3) is 5.21. The molecule has 0 N–H and O–H groups in total. The maximum absolute atomic E-state index is 11.9. The van der Waals surface area contributed by atoms with Gasteiger partial charge in [0.25, 0.3) is 5.89 Å². The molecule has 27 heavy (non-hydrogen) atoms. The van der Waals surface area contributed by atoms with Crippen LogP contribution in [0, 0.1) is 5.92 Å². The van der Waals surface area contributed by atoms with E-state index in [1.165, 1.54) is 32.1 Å². The molecule has 0 spiro atoms. The Balaban J connectivity index is 1.51. The number of rotatable bonds is 8. The van der Waals surface area contributed by atoms with Crippen LogP contribution in [0.2, 0.25) is 0 Å². The average molecular weight is 374 g/mol. The standard InChI is InChI=1S/C20H26N2O5/c1-24-16-10-9-15(12-17(16)25-2)20-21-18(27-22-20)13-26-19(23)11-8-14-6-4-3-5-7-14/h9-10,12,14H,3-8,11,13H2,1-2H3. The number of nitrogens with zero attached hydrogens (tertiary/aromatic N) is 2. The summed E-state index contributed by atoms with van der Waals surface area (Å²) in [4.78, 5) is 16.2. The first-order valence-electron chi connectivity index (χ1n) is 9.40. The van der Waals surface area contributed by atoms with Crippen LogP contribution in [0.3, 0.4) is 0 Å². The van der Waals surface area contributed by atoms with Gasteiger partial charge in [0.05, 0.1) is 14.2 Å². The number of methoxy groups -OCH3 is 2. The third-order valence-corrected chi connectivity index (χ3v) is 4.95. The van der Waals surface area contributed by atoms with E-state index in [1.54, 1.807) is 26.4 Å². The molecule has 1 heterocycles. The largest absolute Gasteiger partial charge is 0.493 e. The molecule has 2 aromatic rings. The minimum Gasteiger partial charge on any atom is -0.493 e. The van der Waals surface area contributed by atoms with Crippen LogP contribution >= 0.6 is 0 Å². The van der Waals surface area contributed by atoms with E-state index in [0.717, 1.165) is 12.0 Å². The Bertz CT molecular complexity index is 753. The second-order valence-corrected chi connectivity index (χ2v) is 6.78. The zero-order valence-corrected chi connectivity index (χ0v) is 15.9. The van der Waals surface area contributed by atoms with Gasteiger partial charge in [-0.05, 0) is 30.5 Å². The summed E-state index contributed by atoms with van der Waals surface area (Å²) in [5, 5.41) is 3.94. The molecule has 146 valence electrons. The molecule has 1 aromatic carbocycles. The van der Waals surface area contributed by atoms with Gasteiger partial charge in [-0.1, -0.05) is 37.3 Å². The number of aromatic nitrogens is 2. The monoisotopic (exact) mass is 374 g/mol. The summed E-state index contributed by atoms with van der Waals surface area (Å²) in [6.07, 6.45) is 7.68. The number of hydrogen-bond donors (Lipinski definition) is 0. The predicted molar refractivity (Wildman–Crippen MR) is 98.4 cm³/mol. The highest BCUT2D eigenvalue weighted by Gasteiger charge is 2.17. The summed E-state index contributed by atoms with van der Waals surface area (Å²) in [5.74, 6) is 2.32. The summed E-state index contributed by atoms with van der Waals surface area (Å²) in [6.45, 7) is -0.0101. The summed E-state index contributed by atoms with van der Waals surface area (Å²) in [5.41, 5.74) is 0.728. The number of carbonyl (C=O) groups excluding carboxylic acids is 1. The predicted octanol–water partition coefficient (Wildman–Crippen LogP) is 4.16. The first-order chi connectivity index (χ1) is 13.2. The maximum Gasteiger partial charge on any atom is 0.306 e. The van der Waals surface area contributed by atoms with E-state index in [2.05, 4.69) is 10.1 Å². The van der Waals surface area contributed by atoms with E-state index in [4.69, 9.17) is 18.7 Å². The molecule has 7 nitrogen and oxygen atoms in total. The van der Waals surface area contributed by atoms with Crippen LogP contribution in [-0.2, 0) is 16.1 Å². The van der Waals surface area contributed by atoms with Gasteiger partial charge in [0, 0.05) is 12.0 Å². The van der Waals surface area contributed by atoms with Crippen molar-refractivity contribution in [3.8, 4) is 22.9 Å².